The average Bonchev–Trinajstić information content (AvgIpc) is 3.52. The molecule has 55 heavy (non-hydrogen) atoms. The van der Waals surface area contributed by atoms with E-state index in [1.807, 2.05) is 12.4 Å². The van der Waals surface area contributed by atoms with Crippen LogP contribution in [0.4, 0.5) is 40.1 Å². The number of aromatic nitrogens is 2. The van der Waals surface area contributed by atoms with Gasteiger partial charge in [0.1, 0.15) is 0 Å². The van der Waals surface area contributed by atoms with Crippen molar-refractivity contribution in [2.45, 2.75) is 98.3 Å². The molecule has 8 rings (SSSR count). The molecule has 0 spiro atoms. The standard InChI is InChI=1S/C50H54N5/c1-31(2)37-17-15-18-38(32(3)4)45(37)54-47-48(52-30-29-51-47)55(46-39(33(5)6)19-16-20-40(46)34(7)8)49(54)35-25-27-36(28-26-35)53-43-23-13-11-21-41(43)50(9,10)42-22-12-14-24-44(42)53/h11-34H,1-10H3. The van der Waals surface area contributed by atoms with Crippen LogP contribution in [0.15, 0.2) is 122 Å². The SMILES string of the molecule is CC(C)c1cccc(C(C)C)c1N1[C](c2ccc(N3c4ccccc4C(C)(C)c4ccccc43)cc2)N(c2c(C(C)C)cccc2C(C)C)c2nccnc21. The lowest BCUT2D eigenvalue weighted by molar-refractivity contribution is 0.632. The summed E-state index contributed by atoms with van der Waals surface area (Å²) in [6.45, 7) is 23.0. The van der Waals surface area contributed by atoms with Crippen molar-refractivity contribution in [2.24, 2.45) is 0 Å². The van der Waals surface area contributed by atoms with E-state index in [4.69, 9.17) is 9.97 Å². The lowest BCUT2D eigenvalue weighted by Crippen LogP contribution is -2.34. The molecule has 0 N–H and O–H groups in total. The Kier molecular flexibility index (Phi) is 9.31. The predicted octanol–water partition coefficient (Wildman–Crippen LogP) is 13.9. The molecule has 1 radical (unpaired) electrons. The largest absolute Gasteiger partial charge is 0.310 e. The van der Waals surface area contributed by atoms with Gasteiger partial charge in [-0.2, -0.15) is 0 Å². The lowest BCUT2D eigenvalue weighted by Gasteiger charge is -2.42. The molecule has 0 fully saturated rings. The molecule has 1 aromatic heterocycles. The van der Waals surface area contributed by atoms with Crippen molar-refractivity contribution in [1.82, 2.24) is 9.97 Å². The molecule has 0 atom stereocenters. The first kappa shape index (κ1) is 36.6. The minimum Gasteiger partial charge on any atom is -0.310 e. The maximum Gasteiger partial charge on any atom is 0.199 e. The summed E-state index contributed by atoms with van der Waals surface area (Å²) < 4.78 is 0. The molecule has 6 aromatic rings. The molecule has 279 valence electrons. The van der Waals surface area contributed by atoms with Crippen molar-refractivity contribution in [2.75, 3.05) is 14.7 Å². The summed E-state index contributed by atoms with van der Waals surface area (Å²) >= 11 is 0. The molecule has 0 amide bonds. The number of rotatable bonds is 8. The zero-order chi connectivity index (χ0) is 38.8. The van der Waals surface area contributed by atoms with Crippen LogP contribution < -0.4 is 14.7 Å². The fraction of sp³-hybridized carbons (Fsp3) is 0.300. The summed E-state index contributed by atoms with van der Waals surface area (Å²) in [7, 11) is 0. The van der Waals surface area contributed by atoms with Gasteiger partial charge in [0.2, 0.25) is 0 Å². The van der Waals surface area contributed by atoms with Crippen LogP contribution in [0.3, 0.4) is 0 Å². The Bertz CT molecular complexity index is 2160. The van der Waals surface area contributed by atoms with Crippen LogP contribution in [0.25, 0.3) is 0 Å². The maximum absolute atomic E-state index is 5.17. The third-order valence-corrected chi connectivity index (χ3v) is 11.7. The summed E-state index contributed by atoms with van der Waals surface area (Å²) in [5.41, 5.74) is 14.8. The number of para-hydroxylation sites is 4. The molecule has 2 aliphatic heterocycles. The lowest BCUT2D eigenvalue weighted by atomic mass is 9.73. The zero-order valence-corrected chi connectivity index (χ0v) is 34.1. The van der Waals surface area contributed by atoms with E-state index in [0.717, 1.165) is 29.1 Å². The van der Waals surface area contributed by atoms with Gasteiger partial charge in [0.05, 0.1) is 22.7 Å². The van der Waals surface area contributed by atoms with Gasteiger partial charge in [0.25, 0.3) is 0 Å². The third-order valence-electron chi connectivity index (χ3n) is 11.7. The van der Waals surface area contributed by atoms with Gasteiger partial charge >= 0.3 is 0 Å². The zero-order valence-electron chi connectivity index (χ0n) is 34.1. The highest BCUT2D eigenvalue weighted by Crippen LogP contribution is 2.57. The van der Waals surface area contributed by atoms with Crippen LogP contribution in [-0.4, -0.2) is 9.97 Å². The number of hydrogen-bond donors (Lipinski definition) is 0. The van der Waals surface area contributed by atoms with Crippen LogP contribution >= 0.6 is 0 Å². The second-order valence-corrected chi connectivity index (χ2v) is 16.9. The van der Waals surface area contributed by atoms with Gasteiger partial charge in [-0.25, -0.2) is 9.97 Å². The quantitative estimate of drug-likeness (QED) is 0.156. The Balaban J connectivity index is 1.39. The highest BCUT2D eigenvalue weighted by molar-refractivity contribution is 5.93. The van der Waals surface area contributed by atoms with Crippen LogP contribution in [0.5, 0.6) is 0 Å². The van der Waals surface area contributed by atoms with Crippen molar-refractivity contribution in [1.29, 1.82) is 0 Å². The van der Waals surface area contributed by atoms with Crippen molar-refractivity contribution < 1.29 is 0 Å². The van der Waals surface area contributed by atoms with Crippen LogP contribution in [0.1, 0.15) is 132 Å². The molecule has 5 nitrogen and oxygen atoms in total. The fourth-order valence-corrected chi connectivity index (χ4v) is 8.87. The Morgan fingerprint density at radius 2 is 0.818 bits per heavy atom. The minimum atomic E-state index is -0.119. The second-order valence-electron chi connectivity index (χ2n) is 16.9. The first-order chi connectivity index (χ1) is 26.4. The first-order valence-corrected chi connectivity index (χ1v) is 20.0. The summed E-state index contributed by atoms with van der Waals surface area (Å²) in [6, 6.07) is 40.5. The summed E-state index contributed by atoms with van der Waals surface area (Å²) in [5.74, 6) is 2.89. The predicted molar refractivity (Wildman–Crippen MR) is 231 cm³/mol. The normalized spacial score (nSPS) is 15.0. The minimum absolute atomic E-state index is 0.119. The molecule has 0 bridgehead atoms. The molecule has 0 aliphatic carbocycles. The topological polar surface area (TPSA) is 35.5 Å². The van der Waals surface area contributed by atoms with Crippen molar-refractivity contribution in [3.8, 4) is 0 Å². The first-order valence-electron chi connectivity index (χ1n) is 20.0. The van der Waals surface area contributed by atoms with Crippen molar-refractivity contribution in [3.63, 3.8) is 0 Å². The van der Waals surface area contributed by atoms with Gasteiger partial charge in [-0.3, -0.25) is 9.80 Å². The smallest absolute Gasteiger partial charge is 0.199 e. The second kappa shape index (κ2) is 14.0. The summed E-state index contributed by atoms with van der Waals surface area (Å²) in [6.07, 6.45) is 4.74. The van der Waals surface area contributed by atoms with Crippen molar-refractivity contribution in [3.05, 3.63) is 167 Å². The Morgan fingerprint density at radius 3 is 1.20 bits per heavy atom. The summed E-state index contributed by atoms with van der Waals surface area (Å²) in [5, 5.41) is 0. The molecular weight excluding hydrogens is 671 g/mol. The van der Waals surface area contributed by atoms with Gasteiger partial charge in [-0.1, -0.05) is 154 Å². The van der Waals surface area contributed by atoms with Gasteiger partial charge in [0.15, 0.2) is 17.8 Å². The molecule has 3 heterocycles. The summed E-state index contributed by atoms with van der Waals surface area (Å²) in [4.78, 5) is 17.6. The average molecular weight is 725 g/mol. The molecule has 5 heteroatoms. The van der Waals surface area contributed by atoms with E-state index >= 15 is 0 Å². The molecule has 2 aliphatic rings. The molecular formula is C50H54N5. The monoisotopic (exact) mass is 724 g/mol. The van der Waals surface area contributed by atoms with Gasteiger partial charge in [-0.15, -0.1) is 0 Å². The highest BCUT2D eigenvalue weighted by Gasteiger charge is 2.46. The van der Waals surface area contributed by atoms with Crippen LogP contribution in [0, 0.1) is 6.17 Å². The number of benzene rings is 5. The van der Waals surface area contributed by atoms with E-state index in [2.05, 4.69) is 193 Å². The van der Waals surface area contributed by atoms with Crippen molar-refractivity contribution >= 4 is 40.1 Å². The third kappa shape index (κ3) is 5.91. The van der Waals surface area contributed by atoms with E-state index in [0.29, 0.717) is 23.7 Å². The number of fused-ring (bicyclic) bond motifs is 3. The number of anilines is 7. The van der Waals surface area contributed by atoms with Gasteiger partial charge in [-0.05, 0) is 81.3 Å². The number of nitrogens with zero attached hydrogens (tertiary/aromatic N) is 5. The van der Waals surface area contributed by atoms with E-state index in [-0.39, 0.29) is 5.41 Å². The Hall–Kier alpha value is -5.42. The Morgan fingerprint density at radius 1 is 0.436 bits per heavy atom. The molecule has 0 unspecified atom stereocenters. The van der Waals surface area contributed by atoms with Gasteiger partial charge < -0.3 is 4.90 Å². The maximum atomic E-state index is 5.17. The molecule has 0 saturated carbocycles. The highest BCUT2D eigenvalue weighted by atomic mass is 15.5. The van der Waals surface area contributed by atoms with Gasteiger partial charge in [0, 0.05) is 29.1 Å². The van der Waals surface area contributed by atoms with E-state index in [9.17, 15) is 0 Å². The molecule has 5 aromatic carbocycles. The van der Waals surface area contributed by atoms with Crippen LogP contribution in [-0.2, 0) is 5.41 Å². The molecule has 0 saturated heterocycles. The van der Waals surface area contributed by atoms with E-state index in [1.165, 1.54) is 56.1 Å². The Labute approximate surface area is 328 Å². The van der Waals surface area contributed by atoms with E-state index in [1.54, 1.807) is 0 Å². The number of hydrogen-bond acceptors (Lipinski definition) is 5. The fourth-order valence-electron chi connectivity index (χ4n) is 8.87. The van der Waals surface area contributed by atoms with E-state index < -0.39 is 0 Å². The van der Waals surface area contributed by atoms with Crippen LogP contribution in [0.2, 0.25) is 0 Å².